The Bertz CT molecular complexity index is 1080. The fourth-order valence-electron chi connectivity index (χ4n) is 5.11. The first-order valence-corrected chi connectivity index (χ1v) is 14.5. The van der Waals surface area contributed by atoms with Crippen LogP contribution in [0.5, 0.6) is 5.75 Å². The van der Waals surface area contributed by atoms with Crippen LogP contribution in [0.25, 0.3) is 0 Å². The number of phenols is 1. The van der Waals surface area contributed by atoms with Crippen molar-refractivity contribution in [2.75, 3.05) is 0 Å². The van der Waals surface area contributed by atoms with Crippen LogP contribution in [0.2, 0.25) is 0 Å². The lowest BCUT2D eigenvalue weighted by molar-refractivity contribution is -0.160. The molecule has 1 aliphatic heterocycles. The van der Waals surface area contributed by atoms with E-state index >= 15 is 0 Å². The Hall–Kier alpha value is -3.53. The van der Waals surface area contributed by atoms with Crippen molar-refractivity contribution in [3.63, 3.8) is 0 Å². The summed E-state index contributed by atoms with van der Waals surface area (Å²) in [5, 5.41) is 39.7. The molecule has 0 spiro atoms. The monoisotopic (exact) mass is 573 g/mol. The Morgan fingerprint density at radius 1 is 0.927 bits per heavy atom. The first kappa shape index (κ1) is 33.7. The van der Waals surface area contributed by atoms with Crippen LogP contribution >= 0.6 is 0 Å². The highest BCUT2D eigenvalue weighted by atomic mass is 16.4. The van der Waals surface area contributed by atoms with Crippen molar-refractivity contribution in [3.8, 4) is 5.75 Å². The first-order chi connectivity index (χ1) is 19.5. The number of ketones is 1. The topological polar surface area (TPSA) is 170 Å². The molecule has 41 heavy (non-hydrogen) atoms. The molecular formula is C31H43NO9. The van der Waals surface area contributed by atoms with Crippen LogP contribution in [0.3, 0.4) is 0 Å². The van der Waals surface area contributed by atoms with Gasteiger partial charge in [0.2, 0.25) is 5.91 Å². The molecule has 1 heterocycles. The number of allylic oxidation sites excluding steroid dienone is 1. The van der Waals surface area contributed by atoms with Crippen molar-refractivity contribution >= 4 is 29.5 Å². The maximum absolute atomic E-state index is 13.3. The second kappa shape index (κ2) is 16.7. The molecule has 3 unspecified atom stereocenters. The number of carbonyl (C=O) groups is 5. The van der Waals surface area contributed by atoms with E-state index in [9.17, 15) is 44.4 Å². The summed E-state index contributed by atoms with van der Waals surface area (Å²) < 4.78 is 0. The number of imide groups is 1. The summed E-state index contributed by atoms with van der Waals surface area (Å²) in [6.07, 6.45) is 12.1. The molecule has 1 aromatic rings. The van der Waals surface area contributed by atoms with E-state index in [1.807, 2.05) is 0 Å². The predicted molar refractivity (Wildman–Crippen MR) is 151 cm³/mol. The number of rotatable bonds is 20. The number of phenolic OH excluding ortho intramolecular Hbond substituents is 1. The number of hydrogen-bond acceptors (Lipinski definition) is 7. The average molecular weight is 574 g/mol. The maximum Gasteiger partial charge on any atom is 0.327 e. The smallest absolute Gasteiger partial charge is 0.327 e. The van der Waals surface area contributed by atoms with Crippen molar-refractivity contribution < 1.29 is 44.4 Å². The Balaban J connectivity index is 1.95. The van der Waals surface area contributed by atoms with Crippen molar-refractivity contribution in [1.29, 1.82) is 0 Å². The number of amides is 2. The Morgan fingerprint density at radius 3 is 2.07 bits per heavy atom. The van der Waals surface area contributed by atoms with E-state index in [2.05, 4.69) is 6.92 Å². The number of likely N-dealkylation sites (tertiary alicyclic amines) is 1. The number of aromatic hydroxyl groups is 1. The summed E-state index contributed by atoms with van der Waals surface area (Å²) in [6.45, 7) is 2.15. The number of nitrogens with zero attached hydrogens (tertiary/aromatic N) is 1. The molecule has 3 atom stereocenters. The van der Waals surface area contributed by atoms with E-state index < -0.39 is 47.7 Å². The van der Waals surface area contributed by atoms with Crippen molar-refractivity contribution in [3.05, 3.63) is 42.0 Å². The molecule has 1 aromatic carbocycles. The zero-order chi connectivity index (χ0) is 30.4. The van der Waals surface area contributed by atoms with Crippen LogP contribution < -0.4 is 0 Å². The lowest BCUT2D eigenvalue weighted by Crippen LogP contribution is -2.50. The van der Waals surface area contributed by atoms with Crippen LogP contribution in [0.15, 0.2) is 36.4 Å². The van der Waals surface area contributed by atoms with E-state index in [4.69, 9.17) is 0 Å². The van der Waals surface area contributed by atoms with Gasteiger partial charge in [-0.2, -0.15) is 0 Å². The van der Waals surface area contributed by atoms with Gasteiger partial charge in [-0.1, -0.05) is 69.7 Å². The quantitative estimate of drug-likeness (QED) is 0.100. The Labute approximate surface area is 241 Å². The maximum atomic E-state index is 13.3. The molecule has 0 saturated carbocycles. The van der Waals surface area contributed by atoms with Gasteiger partial charge in [-0.15, -0.1) is 0 Å². The Kier molecular flexibility index (Phi) is 13.7. The number of benzene rings is 1. The summed E-state index contributed by atoms with van der Waals surface area (Å²) in [7, 11) is 0. The highest BCUT2D eigenvalue weighted by Crippen LogP contribution is 2.36. The van der Waals surface area contributed by atoms with Crippen LogP contribution in [-0.4, -0.2) is 66.5 Å². The summed E-state index contributed by atoms with van der Waals surface area (Å²) in [5.41, 5.74) is -2.19. The largest absolute Gasteiger partial charge is 0.508 e. The number of unbranched alkanes of at least 4 members (excludes halogenated alkanes) is 8. The molecule has 2 amide bonds. The molecule has 1 aliphatic rings. The molecule has 4 N–H and O–H groups in total. The van der Waals surface area contributed by atoms with Crippen LogP contribution in [0.4, 0.5) is 0 Å². The van der Waals surface area contributed by atoms with Crippen molar-refractivity contribution in [2.45, 2.75) is 108 Å². The van der Waals surface area contributed by atoms with E-state index in [-0.39, 0.29) is 18.0 Å². The summed E-state index contributed by atoms with van der Waals surface area (Å²) in [6, 6.07) is 3.89. The van der Waals surface area contributed by atoms with Gasteiger partial charge < -0.3 is 20.4 Å². The van der Waals surface area contributed by atoms with Crippen molar-refractivity contribution in [2.24, 2.45) is 5.92 Å². The standard InChI is InChI=1S/C31H43NO9/c1-2-3-4-7-10-13-23(33)14-11-8-5-6-9-12-15-25-28(37)32(30(40)31(25,41)21-27(35)36)26(29(38)39)20-22-16-18-24(34)19-17-22/h12,15-19,25-26,34,41H,2-11,13-14,20-21H2,1H3,(H,35,36)(H,38,39)/b15-12+. The minimum atomic E-state index is -2.61. The zero-order valence-electron chi connectivity index (χ0n) is 23.8. The lowest BCUT2D eigenvalue weighted by Gasteiger charge is -2.25. The molecule has 10 heteroatoms. The summed E-state index contributed by atoms with van der Waals surface area (Å²) in [5.74, 6) is -6.53. The molecule has 1 saturated heterocycles. The zero-order valence-corrected chi connectivity index (χ0v) is 23.8. The number of aliphatic hydroxyl groups is 1. The van der Waals surface area contributed by atoms with Gasteiger partial charge in [0, 0.05) is 19.3 Å². The first-order valence-electron chi connectivity index (χ1n) is 14.5. The number of aliphatic carboxylic acids is 2. The van der Waals surface area contributed by atoms with Gasteiger partial charge in [0.15, 0.2) is 5.60 Å². The molecule has 0 bridgehead atoms. The van der Waals surface area contributed by atoms with E-state index in [0.29, 0.717) is 29.7 Å². The molecular weight excluding hydrogens is 530 g/mol. The molecule has 0 aliphatic carbocycles. The third-order valence-corrected chi connectivity index (χ3v) is 7.45. The third-order valence-electron chi connectivity index (χ3n) is 7.45. The second-order valence-corrected chi connectivity index (χ2v) is 10.8. The molecule has 226 valence electrons. The summed E-state index contributed by atoms with van der Waals surface area (Å²) >= 11 is 0. The fraction of sp³-hybridized carbons (Fsp3) is 0.581. The number of hydrogen-bond donors (Lipinski definition) is 4. The molecule has 0 aromatic heterocycles. The lowest BCUT2D eigenvalue weighted by atomic mass is 9.86. The predicted octanol–water partition coefficient (Wildman–Crippen LogP) is 4.41. The van der Waals surface area contributed by atoms with Crippen LogP contribution in [0.1, 0.15) is 96.0 Å². The normalized spacial score (nSPS) is 19.7. The van der Waals surface area contributed by atoms with Gasteiger partial charge in [0.05, 0.1) is 12.3 Å². The van der Waals surface area contributed by atoms with Gasteiger partial charge in [-0.3, -0.25) is 24.1 Å². The molecule has 0 radical (unpaired) electrons. The molecule has 10 nitrogen and oxygen atoms in total. The van der Waals surface area contributed by atoms with Crippen LogP contribution in [0, 0.1) is 5.92 Å². The number of carbonyl (C=O) groups excluding carboxylic acids is 3. The van der Waals surface area contributed by atoms with Crippen molar-refractivity contribution in [1.82, 2.24) is 4.90 Å². The van der Waals surface area contributed by atoms with E-state index in [1.165, 1.54) is 49.6 Å². The molecule has 1 fully saturated rings. The SMILES string of the molecule is CCCCCCCC(=O)CCCCCC/C=C/C1C(=O)N(C(Cc2ccc(O)cc2)C(=O)O)C(=O)C1(O)CC(=O)O. The minimum Gasteiger partial charge on any atom is -0.508 e. The highest BCUT2D eigenvalue weighted by molar-refractivity contribution is 6.13. The van der Waals surface area contributed by atoms with Gasteiger partial charge in [0.25, 0.3) is 5.91 Å². The van der Waals surface area contributed by atoms with Gasteiger partial charge in [-0.05, 0) is 43.4 Å². The second-order valence-electron chi connectivity index (χ2n) is 10.8. The van der Waals surface area contributed by atoms with E-state index in [1.54, 1.807) is 6.08 Å². The van der Waals surface area contributed by atoms with Crippen LogP contribution in [-0.2, 0) is 30.4 Å². The Morgan fingerprint density at radius 2 is 1.51 bits per heavy atom. The highest BCUT2D eigenvalue weighted by Gasteiger charge is 2.61. The van der Waals surface area contributed by atoms with Gasteiger partial charge >= 0.3 is 11.9 Å². The fourth-order valence-corrected chi connectivity index (χ4v) is 5.11. The van der Waals surface area contributed by atoms with E-state index in [0.717, 1.165) is 38.5 Å². The number of Topliss-reactive ketones (excluding diaryl/α,β-unsaturated/α-hetero) is 1. The average Bonchev–Trinajstić information content (AvgIpc) is 3.08. The number of carboxylic acid groups (broad SMARTS) is 2. The number of carboxylic acids is 2. The minimum absolute atomic E-state index is 0.0448. The molecule has 2 rings (SSSR count). The van der Waals surface area contributed by atoms with Gasteiger partial charge in [0.1, 0.15) is 17.6 Å². The summed E-state index contributed by atoms with van der Waals surface area (Å²) in [4.78, 5) is 62.4. The van der Waals surface area contributed by atoms with Gasteiger partial charge in [-0.25, -0.2) is 4.79 Å². The third kappa shape index (κ3) is 10.1.